The third-order valence-electron chi connectivity index (χ3n) is 3.97. The van der Waals surface area contributed by atoms with E-state index >= 15 is 0 Å². The Bertz CT molecular complexity index is 866. The highest BCUT2D eigenvalue weighted by atomic mass is 35.5. The van der Waals surface area contributed by atoms with Gasteiger partial charge in [0, 0.05) is 24.7 Å². The summed E-state index contributed by atoms with van der Waals surface area (Å²) in [4.78, 5) is 12.1. The van der Waals surface area contributed by atoms with Crippen LogP contribution in [0.4, 0.5) is 0 Å². The molecule has 0 bridgehead atoms. The second-order valence-electron chi connectivity index (χ2n) is 5.72. The molecule has 0 radical (unpaired) electrons. The molecule has 2 aromatic carbocycles. The van der Waals surface area contributed by atoms with Gasteiger partial charge in [-0.05, 0) is 35.9 Å². The van der Waals surface area contributed by atoms with Crippen LogP contribution >= 0.6 is 11.6 Å². The van der Waals surface area contributed by atoms with Crippen LogP contribution < -0.4 is 10.1 Å². The summed E-state index contributed by atoms with van der Waals surface area (Å²) in [6, 6.07) is 13.3. The minimum absolute atomic E-state index is 0.174. The zero-order chi connectivity index (χ0) is 19.9. The van der Waals surface area contributed by atoms with Crippen molar-refractivity contribution in [1.29, 1.82) is 0 Å². The standard InChI is InChI=1S/C19H23ClN2O4S/c1-3-22(4-2)27(24,25)17-11-9-16(10-12-17)26-14-19(23)21-13-15-7-5-6-8-18(15)20/h5-12H,3-4,13-14H2,1-2H3,(H,21,23). The lowest BCUT2D eigenvalue weighted by molar-refractivity contribution is -0.123. The number of hydrogen-bond donors (Lipinski definition) is 1. The third kappa shape index (κ3) is 5.69. The number of amides is 1. The van der Waals surface area contributed by atoms with Gasteiger partial charge < -0.3 is 10.1 Å². The fourth-order valence-electron chi connectivity index (χ4n) is 2.46. The van der Waals surface area contributed by atoms with Gasteiger partial charge >= 0.3 is 0 Å². The van der Waals surface area contributed by atoms with E-state index in [0.717, 1.165) is 5.56 Å². The molecule has 0 saturated heterocycles. The highest BCUT2D eigenvalue weighted by molar-refractivity contribution is 7.89. The van der Waals surface area contributed by atoms with Crippen molar-refractivity contribution < 1.29 is 17.9 Å². The Morgan fingerprint density at radius 2 is 1.70 bits per heavy atom. The normalized spacial score (nSPS) is 11.4. The molecular weight excluding hydrogens is 388 g/mol. The van der Waals surface area contributed by atoms with Crippen molar-refractivity contribution in [3.8, 4) is 5.75 Å². The van der Waals surface area contributed by atoms with Gasteiger partial charge in [-0.25, -0.2) is 8.42 Å². The molecule has 1 N–H and O–H groups in total. The molecule has 0 aromatic heterocycles. The topological polar surface area (TPSA) is 75.7 Å². The van der Waals surface area contributed by atoms with Crippen LogP contribution in [0, 0.1) is 0 Å². The Hall–Kier alpha value is -2.09. The fraction of sp³-hybridized carbons (Fsp3) is 0.316. The summed E-state index contributed by atoms with van der Waals surface area (Å²) in [6.45, 7) is 4.53. The average molecular weight is 411 g/mol. The van der Waals surface area contributed by atoms with Gasteiger partial charge in [0.05, 0.1) is 4.90 Å². The number of ether oxygens (including phenoxy) is 1. The minimum atomic E-state index is -3.51. The van der Waals surface area contributed by atoms with Crippen LogP contribution in [0.15, 0.2) is 53.4 Å². The number of benzene rings is 2. The number of carbonyl (C=O) groups excluding carboxylic acids is 1. The van der Waals surface area contributed by atoms with Gasteiger partial charge in [-0.15, -0.1) is 0 Å². The van der Waals surface area contributed by atoms with Crippen LogP contribution in [-0.2, 0) is 21.4 Å². The predicted octanol–water partition coefficient (Wildman–Crippen LogP) is 3.07. The molecule has 0 aliphatic heterocycles. The second-order valence-corrected chi connectivity index (χ2v) is 8.06. The van der Waals surface area contributed by atoms with E-state index in [2.05, 4.69) is 5.32 Å². The number of nitrogens with one attached hydrogen (secondary N) is 1. The zero-order valence-electron chi connectivity index (χ0n) is 15.3. The third-order valence-corrected chi connectivity index (χ3v) is 6.40. The van der Waals surface area contributed by atoms with E-state index in [0.29, 0.717) is 30.4 Å². The van der Waals surface area contributed by atoms with Gasteiger partial charge in [-0.2, -0.15) is 4.31 Å². The molecule has 0 atom stereocenters. The summed E-state index contributed by atoms with van der Waals surface area (Å²) in [5, 5.41) is 3.31. The number of sulfonamides is 1. The quantitative estimate of drug-likeness (QED) is 0.689. The fourth-order valence-corrected chi connectivity index (χ4v) is 4.12. The second kappa shape index (κ2) is 9.73. The monoisotopic (exact) mass is 410 g/mol. The molecule has 6 nitrogen and oxygen atoms in total. The maximum absolute atomic E-state index is 12.4. The van der Waals surface area contributed by atoms with E-state index in [-0.39, 0.29) is 17.4 Å². The number of hydrogen-bond acceptors (Lipinski definition) is 4. The van der Waals surface area contributed by atoms with Gasteiger partial charge in [-0.1, -0.05) is 43.6 Å². The van der Waals surface area contributed by atoms with Crippen LogP contribution in [-0.4, -0.2) is 38.3 Å². The molecular formula is C19H23ClN2O4S. The van der Waals surface area contributed by atoms with Gasteiger partial charge in [0.1, 0.15) is 5.75 Å². The van der Waals surface area contributed by atoms with Crippen molar-refractivity contribution in [2.45, 2.75) is 25.3 Å². The molecule has 0 spiro atoms. The molecule has 27 heavy (non-hydrogen) atoms. The molecule has 0 aliphatic rings. The highest BCUT2D eigenvalue weighted by Crippen LogP contribution is 2.19. The Morgan fingerprint density at radius 1 is 1.07 bits per heavy atom. The largest absolute Gasteiger partial charge is 0.484 e. The lowest BCUT2D eigenvalue weighted by atomic mass is 10.2. The van der Waals surface area contributed by atoms with Crippen molar-refractivity contribution in [3.05, 3.63) is 59.1 Å². The van der Waals surface area contributed by atoms with E-state index in [4.69, 9.17) is 16.3 Å². The van der Waals surface area contributed by atoms with E-state index in [1.807, 2.05) is 18.2 Å². The van der Waals surface area contributed by atoms with Crippen molar-refractivity contribution in [1.82, 2.24) is 9.62 Å². The van der Waals surface area contributed by atoms with Gasteiger partial charge in [-0.3, -0.25) is 4.79 Å². The first kappa shape index (κ1) is 21.2. The smallest absolute Gasteiger partial charge is 0.258 e. The maximum atomic E-state index is 12.4. The van der Waals surface area contributed by atoms with E-state index in [1.165, 1.54) is 28.6 Å². The van der Waals surface area contributed by atoms with E-state index in [1.54, 1.807) is 19.9 Å². The Morgan fingerprint density at radius 3 is 2.30 bits per heavy atom. The van der Waals surface area contributed by atoms with Crippen LogP contribution in [0.5, 0.6) is 5.75 Å². The van der Waals surface area contributed by atoms with Crippen molar-refractivity contribution in [2.24, 2.45) is 0 Å². The minimum Gasteiger partial charge on any atom is -0.484 e. The number of halogens is 1. The molecule has 0 fully saturated rings. The van der Waals surface area contributed by atoms with Crippen LogP contribution in [0.2, 0.25) is 5.02 Å². The maximum Gasteiger partial charge on any atom is 0.258 e. The molecule has 146 valence electrons. The van der Waals surface area contributed by atoms with Gasteiger partial charge in [0.15, 0.2) is 6.61 Å². The molecule has 2 rings (SSSR count). The van der Waals surface area contributed by atoms with Crippen LogP contribution in [0.1, 0.15) is 19.4 Å². The first-order valence-electron chi connectivity index (χ1n) is 8.61. The zero-order valence-corrected chi connectivity index (χ0v) is 16.9. The highest BCUT2D eigenvalue weighted by Gasteiger charge is 2.21. The van der Waals surface area contributed by atoms with Gasteiger partial charge in [0.25, 0.3) is 5.91 Å². The van der Waals surface area contributed by atoms with E-state index < -0.39 is 10.0 Å². The summed E-state index contributed by atoms with van der Waals surface area (Å²) in [6.07, 6.45) is 0. The van der Waals surface area contributed by atoms with Gasteiger partial charge in [0.2, 0.25) is 10.0 Å². The molecule has 0 heterocycles. The number of carbonyl (C=O) groups is 1. The van der Waals surface area contributed by atoms with Crippen molar-refractivity contribution in [2.75, 3.05) is 19.7 Å². The van der Waals surface area contributed by atoms with Crippen LogP contribution in [0.25, 0.3) is 0 Å². The summed E-state index contributed by atoms with van der Waals surface area (Å²) in [5.41, 5.74) is 0.818. The number of rotatable bonds is 9. The lowest BCUT2D eigenvalue weighted by Gasteiger charge is -2.18. The Labute approximate surface area is 165 Å². The SMILES string of the molecule is CCN(CC)S(=O)(=O)c1ccc(OCC(=O)NCc2ccccc2Cl)cc1. The molecule has 2 aromatic rings. The predicted molar refractivity (Wildman–Crippen MR) is 105 cm³/mol. The summed E-state index contributed by atoms with van der Waals surface area (Å²) in [5.74, 6) is 0.121. The summed E-state index contributed by atoms with van der Waals surface area (Å²) < 4.78 is 31.7. The molecule has 1 amide bonds. The van der Waals surface area contributed by atoms with Crippen LogP contribution in [0.3, 0.4) is 0 Å². The first-order valence-corrected chi connectivity index (χ1v) is 10.4. The summed E-state index contributed by atoms with van der Waals surface area (Å²) >= 11 is 6.04. The lowest BCUT2D eigenvalue weighted by Crippen LogP contribution is -2.30. The number of nitrogens with zero attached hydrogens (tertiary/aromatic N) is 1. The Kier molecular flexibility index (Phi) is 7.65. The first-order chi connectivity index (χ1) is 12.9. The molecule has 0 aliphatic carbocycles. The average Bonchev–Trinajstić information content (AvgIpc) is 2.67. The Balaban J connectivity index is 1.89. The van der Waals surface area contributed by atoms with Crippen molar-refractivity contribution in [3.63, 3.8) is 0 Å². The molecule has 0 unspecified atom stereocenters. The molecule has 8 heteroatoms. The molecule has 0 saturated carbocycles. The van der Waals surface area contributed by atoms with Crippen molar-refractivity contribution >= 4 is 27.5 Å². The summed E-state index contributed by atoms with van der Waals surface area (Å²) in [7, 11) is -3.51. The van der Waals surface area contributed by atoms with E-state index in [9.17, 15) is 13.2 Å².